The molecular weight excluding hydrogens is 206 g/mol. The Bertz CT molecular complexity index is 457. The number of aromatic nitrogens is 2. The van der Waals surface area contributed by atoms with Crippen molar-refractivity contribution in [2.45, 2.75) is 17.0 Å². The fourth-order valence-corrected chi connectivity index (χ4v) is 2.00. The van der Waals surface area contributed by atoms with Gasteiger partial charge in [0.15, 0.2) is 5.16 Å². The summed E-state index contributed by atoms with van der Waals surface area (Å²) < 4.78 is 0. The largest absolute Gasteiger partial charge is 0.399 e. The van der Waals surface area contributed by atoms with Crippen LogP contribution in [0.2, 0.25) is 0 Å². The maximum absolute atomic E-state index is 5.68. The van der Waals surface area contributed by atoms with Gasteiger partial charge in [0.05, 0.1) is 0 Å². The molecule has 0 fully saturated rings. The first kappa shape index (κ1) is 9.98. The standard InChI is InChI=1S/C11H11N3S/c1-8-7-9(12)3-4-10(8)15-11-13-5-2-6-14-11/h2-7H,12H2,1H3. The van der Waals surface area contributed by atoms with Crippen molar-refractivity contribution in [1.29, 1.82) is 0 Å². The number of hydrogen-bond donors (Lipinski definition) is 1. The molecule has 76 valence electrons. The zero-order valence-corrected chi connectivity index (χ0v) is 9.16. The lowest BCUT2D eigenvalue weighted by Crippen LogP contribution is -1.88. The van der Waals surface area contributed by atoms with Crippen molar-refractivity contribution in [3.05, 3.63) is 42.2 Å². The average Bonchev–Trinajstić information content (AvgIpc) is 2.24. The Balaban J connectivity index is 2.25. The van der Waals surface area contributed by atoms with Gasteiger partial charge < -0.3 is 5.73 Å². The van der Waals surface area contributed by atoms with E-state index in [0.717, 1.165) is 21.3 Å². The topological polar surface area (TPSA) is 51.8 Å². The minimum Gasteiger partial charge on any atom is -0.399 e. The van der Waals surface area contributed by atoms with Crippen LogP contribution in [0.25, 0.3) is 0 Å². The van der Waals surface area contributed by atoms with E-state index in [9.17, 15) is 0 Å². The van der Waals surface area contributed by atoms with E-state index in [1.165, 1.54) is 0 Å². The third kappa shape index (κ3) is 2.47. The summed E-state index contributed by atoms with van der Waals surface area (Å²) in [5.41, 5.74) is 7.61. The number of aryl methyl sites for hydroxylation is 1. The van der Waals surface area contributed by atoms with Gasteiger partial charge in [-0.1, -0.05) is 0 Å². The summed E-state index contributed by atoms with van der Waals surface area (Å²) in [5, 5.41) is 0.755. The molecule has 0 unspecified atom stereocenters. The molecular formula is C11H11N3S. The highest BCUT2D eigenvalue weighted by atomic mass is 32.2. The lowest BCUT2D eigenvalue weighted by molar-refractivity contribution is 0.966. The summed E-state index contributed by atoms with van der Waals surface area (Å²) in [6.07, 6.45) is 3.48. The third-order valence-electron chi connectivity index (χ3n) is 1.94. The van der Waals surface area contributed by atoms with Gasteiger partial charge in [0, 0.05) is 23.0 Å². The van der Waals surface area contributed by atoms with Crippen LogP contribution in [-0.4, -0.2) is 9.97 Å². The predicted octanol–water partition coefficient (Wildman–Crippen LogP) is 2.52. The smallest absolute Gasteiger partial charge is 0.192 e. The van der Waals surface area contributed by atoms with E-state index in [0.29, 0.717) is 0 Å². The van der Waals surface area contributed by atoms with Crippen LogP contribution in [0.1, 0.15) is 5.56 Å². The molecule has 1 aromatic carbocycles. The molecule has 15 heavy (non-hydrogen) atoms. The van der Waals surface area contributed by atoms with Crippen molar-refractivity contribution in [1.82, 2.24) is 9.97 Å². The molecule has 0 aliphatic carbocycles. The van der Waals surface area contributed by atoms with E-state index < -0.39 is 0 Å². The fraction of sp³-hybridized carbons (Fsp3) is 0.0909. The number of benzene rings is 1. The van der Waals surface area contributed by atoms with Crippen LogP contribution in [0, 0.1) is 6.92 Å². The van der Waals surface area contributed by atoms with Gasteiger partial charge in [-0.15, -0.1) is 0 Å². The van der Waals surface area contributed by atoms with Gasteiger partial charge in [-0.3, -0.25) is 0 Å². The second kappa shape index (κ2) is 4.31. The Morgan fingerprint density at radius 3 is 2.60 bits per heavy atom. The summed E-state index contributed by atoms with van der Waals surface area (Å²) in [6, 6.07) is 7.63. The number of rotatable bonds is 2. The second-order valence-corrected chi connectivity index (χ2v) is 4.17. The highest BCUT2D eigenvalue weighted by molar-refractivity contribution is 7.99. The number of nitrogens with zero attached hydrogens (tertiary/aromatic N) is 2. The zero-order valence-electron chi connectivity index (χ0n) is 8.34. The summed E-state index contributed by atoms with van der Waals surface area (Å²) in [4.78, 5) is 9.45. The van der Waals surface area contributed by atoms with Crippen molar-refractivity contribution >= 4 is 17.4 Å². The van der Waals surface area contributed by atoms with Crippen molar-refractivity contribution in [3.8, 4) is 0 Å². The van der Waals surface area contributed by atoms with Crippen LogP contribution in [0.3, 0.4) is 0 Å². The molecule has 0 radical (unpaired) electrons. The summed E-state index contributed by atoms with van der Waals surface area (Å²) in [7, 11) is 0. The molecule has 0 saturated carbocycles. The molecule has 0 aliphatic heterocycles. The van der Waals surface area contributed by atoms with Crippen LogP contribution in [-0.2, 0) is 0 Å². The van der Waals surface area contributed by atoms with Crippen molar-refractivity contribution in [2.24, 2.45) is 0 Å². The molecule has 4 heteroatoms. The van der Waals surface area contributed by atoms with Crippen molar-refractivity contribution in [2.75, 3.05) is 5.73 Å². The first-order valence-corrected chi connectivity index (χ1v) is 5.38. The lowest BCUT2D eigenvalue weighted by atomic mass is 10.2. The van der Waals surface area contributed by atoms with E-state index in [2.05, 4.69) is 9.97 Å². The second-order valence-electron chi connectivity index (χ2n) is 3.16. The maximum Gasteiger partial charge on any atom is 0.192 e. The van der Waals surface area contributed by atoms with Gasteiger partial charge >= 0.3 is 0 Å². The molecule has 3 nitrogen and oxygen atoms in total. The molecule has 0 aliphatic rings. The molecule has 0 saturated heterocycles. The van der Waals surface area contributed by atoms with E-state index >= 15 is 0 Å². The van der Waals surface area contributed by atoms with Crippen LogP contribution >= 0.6 is 11.8 Å². The van der Waals surface area contributed by atoms with E-state index in [1.807, 2.05) is 25.1 Å². The van der Waals surface area contributed by atoms with Gasteiger partial charge in [0.25, 0.3) is 0 Å². The zero-order chi connectivity index (χ0) is 10.7. The van der Waals surface area contributed by atoms with Crippen LogP contribution in [0.15, 0.2) is 46.7 Å². The number of nitrogen functional groups attached to an aromatic ring is 1. The highest BCUT2D eigenvalue weighted by Crippen LogP contribution is 2.28. The predicted molar refractivity (Wildman–Crippen MR) is 61.7 cm³/mol. The van der Waals surface area contributed by atoms with Crippen LogP contribution in [0.4, 0.5) is 5.69 Å². The monoisotopic (exact) mass is 217 g/mol. The minimum atomic E-state index is 0.755. The Kier molecular flexibility index (Phi) is 2.87. The number of nitrogens with two attached hydrogens (primary N) is 1. The van der Waals surface area contributed by atoms with E-state index in [1.54, 1.807) is 30.2 Å². The van der Waals surface area contributed by atoms with Gasteiger partial charge in [-0.05, 0) is 48.5 Å². The van der Waals surface area contributed by atoms with Gasteiger partial charge in [0.2, 0.25) is 0 Å². The molecule has 1 heterocycles. The first-order valence-electron chi connectivity index (χ1n) is 4.57. The Hall–Kier alpha value is -1.55. The van der Waals surface area contributed by atoms with E-state index in [4.69, 9.17) is 5.73 Å². The summed E-state index contributed by atoms with van der Waals surface area (Å²) in [6.45, 7) is 2.03. The number of hydrogen-bond acceptors (Lipinski definition) is 4. The van der Waals surface area contributed by atoms with Crippen LogP contribution in [0.5, 0.6) is 0 Å². The molecule has 2 aromatic rings. The van der Waals surface area contributed by atoms with Crippen molar-refractivity contribution < 1.29 is 0 Å². The SMILES string of the molecule is Cc1cc(N)ccc1Sc1ncccn1. The van der Waals surface area contributed by atoms with Crippen LogP contribution < -0.4 is 5.73 Å². The first-order chi connectivity index (χ1) is 7.25. The highest BCUT2D eigenvalue weighted by Gasteiger charge is 2.02. The lowest BCUT2D eigenvalue weighted by Gasteiger charge is -2.04. The van der Waals surface area contributed by atoms with Gasteiger partial charge in [0.1, 0.15) is 0 Å². The normalized spacial score (nSPS) is 10.2. The van der Waals surface area contributed by atoms with Gasteiger partial charge in [-0.25, -0.2) is 9.97 Å². The number of anilines is 1. The van der Waals surface area contributed by atoms with Gasteiger partial charge in [-0.2, -0.15) is 0 Å². The van der Waals surface area contributed by atoms with Crippen molar-refractivity contribution in [3.63, 3.8) is 0 Å². The fourth-order valence-electron chi connectivity index (χ4n) is 1.22. The molecule has 1 aromatic heterocycles. The maximum atomic E-state index is 5.68. The molecule has 0 spiro atoms. The molecule has 0 bridgehead atoms. The summed E-state index contributed by atoms with van der Waals surface area (Å²) >= 11 is 1.55. The van der Waals surface area contributed by atoms with E-state index in [-0.39, 0.29) is 0 Å². The Morgan fingerprint density at radius 1 is 1.20 bits per heavy atom. The Morgan fingerprint density at radius 2 is 1.93 bits per heavy atom. The molecule has 0 amide bonds. The minimum absolute atomic E-state index is 0.755. The third-order valence-corrected chi connectivity index (χ3v) is 3.01. The Labute approximate surface area is 92.8 Å². The molecule has 2 N–H and O–H groups in total. The summed E-state index contributed by atoms with van der Waals surface area (Å²) in [5.74, 6) is 0. The molecule has 0 atom stereocenters. The average molecular weight is 217 g/mol. The quantitative estimate of drug-likeness (QED) is 0.620. The molecule has 2 rings (SSSR count).